The average molecular weight is 370 g/mol. The third-order valence-corrected chi connectivity index (χ3v) is 5.26. The average Bonchev–Trinajstić information content (AvgIpc) is 2.60. The first kappa shape index (κ1) is 22.8. The fourth-order valence-electron chi connectivity index (χ4n) is 3.59. The Bertz CT molecular complexity index is 374. The van der Waals surface area contributed by atoms with Crippen molar-refractivity contribution in [2.75, 3.05) is 6.54 Å². The van der Waals surface area contributed by atoms with Crippen LogP contribution in [-0.2, 0) is 4.74 Å². The van der Waals surface area contributed by atoms with Crippen LogP contribution < -0.4 is 0 Å². The highest BCUT2D eigenvalue weighted by Crippen LogP contribution is 2.19. The van der Waals surface area contributed by atoms with Gasteiger partial charge in [-0.05, 0) is 32.1 Å². The number of carbonyl (C=O) groups is 2. The first-order chi connectivity index (χ1) is 12.6. The molecular formula is C21H39NO4. The Morgan fingerprint density at radius 3 is 1.85 bits per heavy atom. The predicted octanol–water partition coefficient (Wildman–Crippen LogP) is 6.75. The Morgan fingerprint density at radius 1 is 0.846 bits per heavy atom. The van der Waals surface area contributed by atoms with E-state index in [-0.39, 0.29) is 12.6 Å². The Balaban J connectivity index is 2.44. The number of carboxylic acid groups (broad SMARTS) is 1. The van der Waals surface area contributed by atoms with E-state index in [2.05, 4.69) is 6.92 Å². The zero-order valence-corrected chi connectivity index (χ0v) is 16.7. The maximum Gasteiger partial charge on any atom is 0.419 e. The third-order valence-electron chi connectivity index (χ3n) is 5.26. The van der Waals surface area contributed by atoms with E-state index in [9.17, 15) is 14.7 Å². The summed E-state index contributed by atoms with van der Waals surface area (Å²) in [5.41, 5.74) is 0. The second kappa shape index (κ2) is 14.9. The van der Waals surface area contributed by atoms with E-state index < -0.39 is 12.2 Å². The maximum absolute atomic E-state index is 12.4. The lowest BCUT2D eigenvalue weighted by atomic mass is 9.99. The first-order valence-electron chi connectivity index (χ1n) is 10.9. The van der Waals surface area contributed by atoms with Crippen molar-refractivity contribution in [3.63, 3.8) is 0 Å². The number of imide groups is 1. The number of hydrogen-bond donors (Lipinski definition) is 1. The number of hydrogen-bond acceptors (Lipinski definition) is 3. The largest absolute Gasteiger partial charge is 0.465 e. The molecule has 5 nitrogen and oxygen atoms in total. The lowest BCUT2D eigenvalue weighted by Crippen LogP contribution is -2.39. The van der Waals surface area contributed by atoms with Crippen LogP contribution in [0.4, 0.5) is 9.59 Å². The molecule has 0 heterocycles. The maximum atomic E-state index is 12.4. The fourth-order valence-corrected chi connectivity index (χ4v) is 3.59. The van der Waals surface area contributed by atoms with Crippen LogP contribution in [0.1, 0.15) is 110 Å². The van der Waals surface area contributed by atoms with Crippen molar-refractivity contribution in [1.82, 2.24) is 4.90 Å². The van der Waals surface area contributed by atoms with E-state index in [0.717, 1.165) is 56.3 Å². The Labute approximate surface area is 159 Å². The van der Waals surface area contributed by atoms with E-state index in [0.29, 0.717) is 6.42 Å². The van der Waals surface area contributed by atoms with Gasteiger partial charge in [-0.1, -0.05) is 77.6 Å². The molecule has 0 unspecified atom stereocenters. The summed E-state index contributed by atoms with van der Waals surface area (Å²) in [6, 6.07) is 0. The number of rotatable bonds is 7. The molecule has 0 aromatic heterocycles. The van der Waals surface area contributed by atoms with E-state index in [1.165, 1.54) is 44.9 Å². The molecule has 1 fully saturated rings. The molecule has 0 bridgehead atoms. The van der Waals surface area contributed by atoms with Gasteiger partial charge >= 0.3 is 12.2 Å². The van der Waals surface area contributed by atoms with Gasteiger partial charge in [0.15, 0.2) is 0 Å². The first-order valence-corrected chi connectivity index (χ1v) is 10.9. The molecule has 0 aromatic rings. The molecule has 0 saturated heterocycles. The standard InChI is InChI=1S/C21H39NO4/c1-2-3-4-12-15-18-22(20(23)24)21(25)26-19-16-13-10-8-6-5-7-9-11-14-17-19/h19H,2-18H2,1H3,(H,23,24). The minimum absolute atomic E-state index is 0.135. The van der Waals surface area contributed by atoms with Gasteiger partial charge in [0.25, 0.3) is 0 Å². The summed E-state index contributed by atoms with van der Waals surface area (Å²) < 4.78 is 5.60. The van der Waals surface area contributed by atoms with Crippen LogP contribution in [0.25, 0.3) is 0 Å². The summed E-state index contributed by atoms with van der Waals surface area (Å²) in [5, 5.41) is 9.35. The molecule has 26 heavy (non-hydrogen) atoms. The van der Waals surface area contributed by atoms with Gasteiger partial charge in [0.1, 0.15) is 6.10 Å². The Morgan fingerprint density at radius 2 is 1.35 bits per heavy atom. The molecule has 2 amide bonds. The molecule has 1 N–H and O–H groups in total. The van der Waals surface area contributed by atoms with Crippen LogP contribution >= 0.6 is 0 Å². The summed E-state index contributed by atoms with van der Waals surface area (Å²) in [7, 11) is 0. The van der Waals surface area contributed by atoms with Crippen LogP contribution in [0.2, 0.25) is 0 Å². The van der Waals surface area contributed by atoms with Gasteiger partial charge in [0.05, 0.1) is 0 Å². The van der Waals surface area contributed by atoms with E-state index >= 15 is 0 Å². The number of ether oxygens (including phenoxy) is 1. The summed E-state index contributed by atoms with van der Waals surface area (Å²) in [6.07, 6.45) is 15.7. The van der Waals surface area contributed by atoms with Crippen molar-refractivity contribution in [3.05, 3.63) is 0 Å². The molecule has 0 aromatic carbocycles. The second-order valence-corrected chi connectivity index (χ2v) is 7.61. The van der Waals surface area contributed by atoms with E-state index in [1.807, 2.05) is 0 Å². The highest BCUT2D eigenvalue weighted by Gasteiger charge is 2.25. The summed E-state index contributed by atoms with van der Waals surface area (Å²) >= 11 is 0. The molecule has 0 atom stereocenters. The van der Waals surface area contributed by atoms with E-state index in [1.54, 1.807) is 0 Å². The van der Waals surface area contributed by atoms with Crippen molar-refractivity contribution in [1.29, 1.82) is 0 Å². The molecule has 152 valence electrons. The van der Waals surface area contributed by atoms with Gasteiger partial charge < -0.3 is 9.84 Å². The SMILES string of the molecule is CCCCCCCN(C(=O)O)C(=O)OC1CCCCCCCCCCC1. The van der Waals surface area contributed by atoms with Gasteiger partial charge in [0.2, 0.25) is 0 Å². The van der Waals surface area contributed by atoms with Crippen LogP contribution in [0.3, 0.4) is 0 Å². The smallest absolute Gasteiger partial charge is 0.419 e. The van der Waals surface area contributed by atoms with E-state index in [4.69, 9.17) is 4.74 Å². The van der Waals surface area contributed by atoms with Crippen molar-refractivity contribution >= 4 is 12.2 Å². The predicted molar refractivity (Wildman–Crippen MR) is 105 cm³/mol. The van der Waals surface area contributed by atoms with Gasteiger partial charge in [-0.15, -0.1) is 0 Å². The van der Waals surface area contributed by atoms with Crippen molar-refractivity contribution < 1.29 is 19.4 Å². The van der Waals surface area contributed by atoms with Gasteiger partial charge in [-0.2, -0.15) is 0 Å². The normalized spacial score (nSPS) is 17.7. The summed E-state index contributed by atoms with van der Waals surface area (Å²) in [6.45, 7) is 2.38. The molecule has 0 aliphatic heterocycles. The summed E-state index contributed by atoms with van der Waals surface area (Å²) in [5.74, 6) is 0. The second-order valence-electron chi connectivity index (χ2n) is 7.61. The zero-order valence-electron chi connectivity index (χ0n) is 16.7. The zero-order chi connectivity index (χ0) is 19.0. The highest BCUT2D eigenvalue weighted by atomic mass is 16.6. The Kier molecular flexibility index (Phi) is 13.0. The highest BCUT2D eigenvalue weighted by molar-refractivity contribution is 5.86. The van der Waals surface area contributed by atoms with Crippen LogP contribution in [-0.4, -0.2) is 34.8 Å². The molecule has 1 saturated carbocycles. The fraction of sp³-hybridized carbons (Fsp3) is 0.905. The number of nitrogens with zero attached hydrogens (tertiary/aromatic N) is 1. The molecular weight excluding hydrogens is 330 g/mol. The molecule has 5 heteroatoms. The van der Waals surface area contributed by atoms with Gasteiger partial charge in [-0.3, -0.25) is 0 Å². The molecule has 0 radical (unpaired) electrons. The molecule has 1 rings (SSSR count). The monoisotopic (exact) mass is 369 g/mol. The molecule has 1 aliphatic rings. The van der Waals surface area contributed by atoms with Crippen molar-refractivity contribution in [3.8, 4) is 0 Å². The van der Waals surface area contributed by atoms with Crippen molar-refractivity contribution in [2.45, 2.75) is 116 Å². The van der Waals surface area contributed by atoms with Gasteiger partial charge in [-0.25, -0.2) is 14.5 Å². The number of unbranched alkanes of at least 4 members (excludes halogenated alkanes) is 4. The third kappa shape index (κ3) is 10.7. The quantitative estimate of drug-likeness (QED) is 0.504. The van der Waals surface area contributed by atoms with Crippen LogP contribution in [0, 0.1) is 0 Å². The topological polar surface area (TPSA) is 66.8 Å². The van der Waals surface area contributed by atoms with Crippen LogP contribution in [0.5, 0.6) is 0 Å². The lowest BCUT2D eigenvalue weighted by Gasteiger charge is -2.23. The minimum atomic E-state index is -1.20. The van der Waals surface area contributed by atoms with Crippen molar-refractivity contribution in [2.24, 2.45) is 0 Å². The minimum Gasteiger partial charge on any atom is -0.465 e. The molecule has 1 aliphatic carbocycles. The van der Waals surface area contributed by atoms with Gasteiger partial charge in [0, 0.05) is 6.54 Å². The number of amides is 2. The molecule has 0 spiro atoms. The number of carbonyl (C=O) groups excluding carboxylic acids is 1. The Hall–Kier alpha value is -1.26. The van der Waals surface area contributed by atoms with Crippen LogP contribution in [0.15, 0.2) is 0 Å². The summed E-state index contributed by atoms with van der Waals surface area (Å²) in [4.78, 5) is 24.7. The lowest BCUT2D eigenvalue weighted by molar-refractivity contribution is 0.0521.